The first-order chi connectivity index (χ1) is 12.3. The number of rotatable bonds is 6. The van der Waals surface area contributed by atoms with E-state index in [0.717, 1.165) is 12.1 Å². The van der Waals surface area contributed by atoms with Gasteiger partial charge in [-0.15, -0.1) is 0 Å². The first kappa shape index (κ1) is 19.3. The summed E-state index contributed by atoms with van der Waals surface area (Å²) in [6.45, 7) is 1.35. The lowest BCUT2D eigenvalue weighted by molar-refractivity contribution is -0.387. The quantitative estimate of drug-likeness (QED) is 0.469. The number of nitrogens with zero attached hydrogens (tertiary/aromatic N) is 1. The van der Waals surface area contributed by atoms with Gasteiger partial charge in [0.25, 0.3) is 5.91 Å². The number of carbonyl (C=O) groups excluding carboxylic acids is 2. The molecule has 26 heavy (non-hydrogen) atoms. The van der Waals surface area contributed by atoms with Gasteiger partial charge in [0.2, 0.25) is 5.82 Å². The molecular weight excluding hydrogens is 367 g/mol. The predicted octanol–water partition coefficient (Wildman–Crippen LogP) is 3.50. The van der Waals surface area contributed by atoms with E-state index in [2.05, 4.69) is 5.32 Å². The summed E-state index contributed by atoms with van der Waals surface area (Å²) in [6, 6.07) is 9.49. The van der Waals surface area contributed by atoms with Crippen LogP contribution >= 0.6 is 11.6 Å². The number of benzene rings is 2. The molecule has 0 spiro atoms. The lowest BCUT2D eigenvalue weighted by Crippen LogP contribution is -2.30. The van der Waals surface area contributed by atoms with Gasteiger partial charge in [0.15, 0.2) is 6.10 Å². The third-order valence-corrected chi connectivity index (χ3v) is 3.60. The summed E-state index contributed by atoms with van der Waals surface area (Å²) in [7, 11) is 0. The average Bonchev–Trinajstić information content (AvgIpc) is 2.58. The Labute approximate surface area is 152 Å². The average molecular weight is 381 g/mol. The second-order valence-electron chi connectivity index (χ2n) is 5.35. The zero-order valence-corrected chi connectivity index (χ0v) is 14.3. The minimum absolute atomic E-state index is 0.0173. The number of anilines is 1. The zero-order chi connectivity index (χ0) is 19.3. The molecule has 0 heterocycles. The first-order valence-corrected chi connectivity index (χ1v) is 7.83. The van der Waals surface area contributed by atoms with E-state index >= 15 is 0 Å². The van der Waals surface area contributed by atoms with Gasteiger partial charge in [-0.25, -0.2) is 0 Å². The summed E-state index contributed by atoms with van der Waals surface area (Å²) in [5.41, 5.74) is -0.0833. The molecule has 0 bridgehead atoms. The number of nitrogens with one attached hydrogen (secondary N) is 1. The van der Waals surface area contributed by atoms with E-state index in [0.29, 0.717) is 10.6 Å². The van der Waals surface area contributed by atoms with Crippen LogP contribution in [-0.4, -0.2) is 22.9 Å². The normalized spacial score (nSPS) is 11.5. The van der Waals surface area contributed by atoms with Gasteiger partial charge in [-0.2, -0.15) is 4.39 Å². The second-order valence-corrected chi connectivity index (χ2v) is 5.78. The van der Waals surface area contributed by atoms with Gasteiger partial charge in [-0.3, -0.25) is 19.7 Å². The van der Waals surface area contributed by atoms with E-state index in [4.69, 9.17) is 16.3 Å². The molecule has 136 valence electrons. The number of halogens is 2. The van der Waals surface area contributed by atoms with Crippen LogP contribution in [0.15, 0.2) is 42.5 Å². The molecule has 2 rings (SSSR count). The lowest BCUT2D eigenvalue weighted by atomic mass is 10.1. The highest BCUT2D eigenvalue weighted by Crippen LogP contribution is 2.21. The number of ether oxygens (including phenoxy) is 1. The van der Waals surface area contributed by atoms with Gasteiger partial charge < -0.3 is 10.1 Å². The third-order valence-electron chi connectivity index (χ3n) is 3.35. The highest BCUT2D eigenvalue weighted by Gasteiger charge is 2.20. The van der Waals surface area contributed by atoms with Crippen LogP contribution in [0.25, 0.3) is 0 Å². The molecule has 0 aliphatic rings. The van der Waals surface area contributed by atoms with E-state index in [-0.39, 0.29) is 12.1 Å². The summed E-state index contributed by atoms with van der Waals surface area (Å²) >= 11 is 5.76. The fourth-order valence-electron chi connectivity index (χ4n) is 2.04. The van der Waals surface area contributed by atoms with Crippen LogP contribution in [0.1, 0.15) is 12.5 Å². The highest BCUT2D eigenvalue weighted by atomic mass is 35.5. The van der Waals surface area contributed by atoms with Crippen molar-refractivity contribution in [3.05, 3.63) is 69.0 Å². The van der Waals surface area contributed by atoms with Gasteiger partial charge in [-0.1, -0.05) is 23.7 Å². The minimum atomic E-state index is -1.14. The maximum atomic E-state index is 13.3. The summed E-state index contributed by atoms with van der Waals surface area (Å²) in [5.74, 6) is -2.34. The molecule has 0 saturated carbocycles. The van der Waals surface area contributed by atoms with Crippen molar-refractivity contribution in [2.75, 3.05) is 5.32 Å². The van der Waals surface area contributed by atoms with Crippen molar-refractivity contribution in [3.8, 4) is 0 Å². The van der Waals surface area contributed by atoms with Crippen LogP contribution in [0.3, 0.4) is 0 Å². The van der Waals surface area contributed by atoms with E-state index < -0.39 is 34.4 Å². The number of nitro groups is 1. The Morgan fingerprint density at radius 1 is 1.27 bits per heavy atom. The molecule has 1 N–H and O–H groups in total. The number of nitro benzene ring substituents is 1. The highest BCUT2D eigenvalue weighted by molar-refractivity contribution is 6.30. The van der Waals surface area contributed by atoms with Crippen molar-refractivity contribution in [3.63, 3.8) is 0 Å². The van der Waals surface area contributed by atoms with Gasteiger partial charge in [0.1, 0.15) is 0 Å². The van der Waals surface area contributed by atoms with E-state index in [1.165, 1.54) is 13.0 Å². The van der Waals surface area contributed by atoms with Crippen LogP contribution in [0.4, 0.5) is 15.8 Å². The molecule has 0 aliphatic carbocycles. The van der Waals surface area contributed by atoms with Gasteiger partial charge in [0, 0.05) is 16.8 Å². The topological polar surface area (TPSA) is 98.5 Å². The van der Waals surface area contributed by atoms with Crippen LogP contribution in [-0.2, 0) is 20.7 Å². The number of hydrogen-bond donors (Lipinski definition) is 1. The van der Waals surface area contributed by atoms with E-state index in [1.807, 2.05) is 0 Å². The molecule has 0 radical (unpaired) electrons. The minimum Gasteiger partial charge on any atom is -0.452 e. The Balaban J connectivity index is 1.94. The Morgan fingerprint density at radius 3 is 2.54 bits per heavy atom. The molecule has 0 fully saturated rings. The fraction of sp³-hybridized carbons (Fsp3) is 0.176. The predicted molar refractivity (Wildman–Crippen MR) is 92.4 cm³/mol. The number of esters is 1. The molecule has 1 atom stereocenters. The number of amides is 1. The van der Waals surface area contributed by atoms with Crippen LogP contribution < -0.4 is 5.32 Å². The number of carbonyl (C=O) groups is 2. The number of hydrogen-bond acceptors (Lipinski definition) is 5. The van der Waals surface area contributed by atoms with Gasteiger partial charge >= 0.3 is 11.7 Å². The Hall–Kier alpha value is -3.00. The standard InChI is InChI=1S/C17H14ClFN2O5/c1-10(26-16(22)8-11-2-4-12(18)5-3-11)17(23)20-13-6-7-14(19)15(9-13)21(24)25/h2-7,9-10H,8H2,1H3,(H,20,23)/t10-/m1/s1. The largest absolute Gasteiger partial charge is 0.452 e. The second kappa shape index (κ2) is 8.39. The van der Waals surface area contributed by atoms with Crippen molar-refractivity contribution < 1.29 is 23.6 Å². The molecule has 2 aromatic rings. The van der Waals surface area contributed by atoms with Crippen LogP contribution in [0, 0.1) is 15.9 Å². The van der Waals surface area contributed by atoms with Crippen molar-refractivity contribution in [2.24, 2.45) is 0 Å². The van der Waals surface area contributed by atoms with Crippen LogP contribution in [0.2, 0.25) is 5.02 Å². The molecule has 0 aromatic heterocycles. The molecule has 7 nitrogen and oxygen atoms in total. The molecule has 2 aromatic carbocycles. The summed E-state index contributed by atoms with van der Waals surface area (Å²) in [6.07, 6.45) is -1.18. The zero-order valence-electron chi connectivity index (χ0n) is 13.6. The van der Waals surface area contributed by atoms with Crippen molar-refractivity contribution >= 4 is 34.9 Å². The van der Waals surface area contributed by atoms with Crippen molar-refractivity contribution in [1.82, 2.24) is 0 Å². The van der Waals surface area contributed by atoms with E-state index in [1.54, 1.807) is 24.3 Å². The molecular formula is C17H14ClFN2O5. The maximum absolute atomic E-state index is 13.3. The first-order valence-electron chi connectivity index (χ1n) is 7.45. The molecule has 1 amide bonds. The lowest BCUT2D eigenvalue weighted by Gasteiger charge is -2.13. The molecule has 9 heteroatoms. The molecule has 0 unspecified atom stereocenters. The smallest absolute Gasteiger partial charge is 0.311 e. The summed E-state index contributed by atoms with van der Waals surface area (Å²) in [5, 5.41) is 13.6. The third kappa shape index (κ3) is 5.25. The Morgan fingerprint density at radius 2 is 1.92 bits per heavy atom. The van der Waals surface area contributed by atoms with Crippen molar-refractivity contribution in [1.29, 1.82) is 0 Å². The van der Waals surface area contributed by atoms with Crippen LogP contribution in [0.5, 0.6) is 0 Å². The Bertz CT molecular complexity index is 842. The molecule has 0 aliphatic heterocycles. The summed E-state index contributed by atoms with van der Waals surface area (Å²) in [4.78, 5) is 33.7. The molecule has 0 saturated heterocycles. The van der Waals surface area contributed by atoms with Crippen molar-refractivity contribution in [2.45, 2.75) is 19.4 Å². The fourth-order valence-corrected chi connectivity index (χ4v) is 2.16. The SMILES string of the molecule is C[C@@H](OC(=O)Cc1ccc(Cl)cc1)C(=O)Nc1ccc(F)c([N+](=O)[O-])c1. The van der Waals surface area contributed by atoms with Gasteiger partial charge in [0.05, 0.1) is 11.3 Å². The summed E-state index contributed by atoms with van der Waals surface area (Å²) < 4.78 is 18.3. The van der Waals surface area contributed by atoms with E-state index in [9.17, 15) is 24.1 Å². The van der Waals surface area contributed by atoms with Gasteiger partial charge in [-0.05, 0) is 36.8 Å². The Kier molecular flexibility index (Phi) is 6.24. The monoisotopic (exact) mass is 380 g/mol. The maximum Gasteiger partial charge on any atom is 0.311 e.